The predicted octanol–water partition coefficient (Wildman–Crippen LogP) is 4.85. The molecule has 126 valence electrons. The molecule has 25 heavy (non-hydrogen) atoms. The minimum atomic E-state index is -0.868. The van der Waals surface area contributed by atoms with E-state index >= 15 is 0 Å². The number of amides is 1. The van der Waals surface area contributed by atoms with E-state index in [0.29, 0.717) is 6.54 Å². The summed E-state index contributed by atoms with van der Waals surface area (Å²) in [5.74, 6) is 0.744. The van der Waals surface area contributed by atoms with E-state index in [4.69, 9.17) is 4.74 Å². The van der Waals surface area contributed by atoms with Crippen molar-refractivity contribution in [3.8, 4) is 5.75 Å². The first-order chi connectivity index (χ1) is 12.0. The highest BCUT2D eigenvalue weighted by Crippen LogP contribution is 2.39. The number of carbonyl (C=O) groups excluding carboxylic acids is 1. The van der Waals surface area contributed by atoms with Gasteiger partial charge in [0.05, 0.1) is 12.2 Å². The van der Waals surface area contributed by atoms with Gasteiger partial charge in [-0.05, 0) is 54.8 Å². The summed E-state index contributed by atoms with van der Waals surface area (Å²) in [6, 6.07) is 20.5. The van der Waals surface area contributed by atoms with Gasteiger partial charge in [0.2, 0.25) is 0 Å². The van der Waals surface area contributed by atoms with Crippen LogP contribution in [0.5, 0.6) is 5.75 Å². The van der Waals surface area contributed by atoms with Crippen molar-refractivity contribution in [3.05, 3.63) is 71.8 Å². The molecule has 0 N–H and O–H groups in total. The van der Waals surface area contributed by atoms with Crippen molar-refractivity contribution in [2.24, 2.45) is 0 Å². The van der Waals surface area contributed by atoms with Crippen molar-refractivity contribution in [2.45, 2.75) is 32.9 Å². The van der Waals surface area contributed by atoms with Gasteiger partial charge in [-0.2, -0.15) is 0 Å². The van der Waals surface area contributed by atoms with Crippen LogP contribution in [0.15, 0.2) is 60.7 Å². The molecular formula is C22H21NO2. The minimum Gasteiger partial charge on any atom is -0.476 e. The molecule has 3 aromatic carbocycles. The molecule has 0 saturated carbocycles. The molecule has 0 unspecified atom stereocenters. The van der Waals surface area contributed by atoms with E-state index in [2.05, 4.69) is 24.3 Å². The Morgan fingerprint density at radius 1 is 1.00 bits per heavy atom. The molecule has 0 aliphatic carbocycles. The fourth-order valence-electron chi connectivity index (χ4n) is 3.44. The van der Waals surface area contributed by atoms with Crippen LogP contribution in [0.2, 0.25) is 0 Å². The lowest BCUT2D eigenvalue weighted by Crippen LogP contribution is -2.52. The van der Waals surface area contributed by atoms with E-state index in [1.54, 1.807) is 0 Å². The number of ether oxygens (including phenoxy) is 1. The molecular weight excluding hydrogens is 310 g/mol. The Morgan fingerprint density at radius 2 is 1.76 bits per heavy atom. The zero-order chi connectivity index (χ0) is 17.6. The Balaban J connectivity index is 1.83. The number of aryl methyl sites for hydroxylation is 1. The van der Waals surface area contributed by atoms with E-state index in [9.17, 15) is 4.79 Å². The Bertz CT molecular complexity index is 969. The molecule has 1 aliphatic heterocycles. The lowest BCUT2D eigenvalue weighted by Gasteiger charge is -2.39. The molecule has 1 amide bonds. The molecule has 3 heteroatoms. The first-order valence-corrected chi connectivity index (χ1v) is 8.54. The van der Waals surface area contributed by atoms with Crippen LogP contribution in [-0.2, 0) is 11.3 Å². The van der Waals surface area contributed by atoms with Crippen LogP contribution in [0.3, 0.4) is 0 Å². The van der Waals surface area contributed by atoms with Gasteiger partial charge in [-0.15, -0.1) is 0 Å². The molecule has 0 spiro atoms. The molecule has 0 atom stereocenters. The third-order valence-electron chi connectivity index (χ3n) is 4.74. The summed E-state index contributed by atoms with van der Waals surface area (Å²) in [5.41, 5.74) is 2.22. The Labute approximate surface area is 147 Å². The summed E-state index contributed by atoms with van der Waals surface area (Å²) in [6.45, 7) is 6.21. The van der Waals surface area contributed by atoms with E-state index in [1.807, 2.05) is 62.1 Å². The summed E-state index contributed by atoms with van der Waals surface area (Å²) in [6.07, 6.45) is 0. The van der Waals surface area contributed by atoms with E-state index < -0.39 is 5.60 Å². The van der Waals surface area contributed by atoms with Gasteiger partial charge in [0, 0.05) is 0 Å². The lowest BCUT2D eigenvalue weighted by atomic mass is 10.00. The molecule has 4 rings (SSSR count). The Kier molecular flexibility index (Phi) is 3.53. The van der Waals surface area contributed by atoms with Crippen LogP contribution in [0.4, 0.5) is 5.69 Å². The average molecular weight is 331 g/mol. The number of nitrogens with zero attached hydrogens (tertiary/aromatic N) is 1. The molecule has 1 aliphatic rings. The van der Waals surface area contributed by atoms with Crippen molar-refractivity contribution in [1.82, 2.24) is 0 Å². The quantitative estimate of drug-likeness (QED) is 0.671. The number of rotatable bonds is 2. The first kappa shape index (κ1) is 15.7. The third-order valence-corrected chi connectivity index (χ3v) is 4.74. The van der Waals surface area contributed by atoms with Crippen LogP contribution >= 0.6 is 0 Å². The molecule has 1 heterocycles. The highest BCUT2D eigenvalue weighted by Gasteiger charge is 2.40. The summed E-state index contributed by atoms with van der Waals surface area (Å²) in [7, 11) is 0. The zero-order valence-electron chi connectivity index (χ0n) is 14.7. The fourth-order valence-corrected chi connectivity index (χ4v) is 3.44. The van der Waals surface area contributed by atoms with Gasteiger partial charge in [0.15, 0.2) is 5.60 Å². The van der Waals surface area contributed by atoms with Gasteiger partial charge < -0.3 is 9.64 Å². The molecule has 0 radical (unpaired) electrons. The van der Waals surface area contributed by atoms with Gasteiger partial charge >= 0.3 is 0 Å². The van der Waals surface area contributed by atoms with E-state index in [-0.39, 0.29) is 5.91 Å². The molecule has 3 aromatic rings. The van der Waals surface area contributed by atoms with Crippen molar-refractivity contribution < 1.29 is 9.53 Å². The van der Waals surface area contributed by atoms with Gasteiger partial charge in [0.1, 0.15) is 5.75 Å². The monoisotopic (exact) mass is 331 g/mol. The van der Waals surface area contributed by atoms with Crippen LogP contribution in [0, 0.1) is 6.92 Å². The molecule has 3 nitrogen and oxygen atoms in total. The summed E-state index contributed by atoms with van der Waals surface area (Å²) in [4.78, 5) is 14.9. The van der Waals surface area contributed by atoms with Gasteiger partial charge in [-0.3, -0.25) is 4.79 Å². The van der Waals surface area contributed by atoms with Gasteiger partial charge in [0.25, 0.3) is 5.91 Å². The average Bonchev–Trinajstić information content (AvgIpc) is 2.60. The highest BCUT2D eigenvalue weighted by atomic mass is 16.5. The molecule has 0 fully saturated rings. The zero-order valence-corrected chi connectivity index (χ0v) is 14.7. The standard InChI is InChI=1S/C22H21NO2/c1-15-11-12-20-19(13-15)23(21(24)22(2,3)25-20)14-17-9-6-8-16-7-4-5-10-18(16)17/h4-13H,14H2,1-3H3. The second-order valence-corrected chi connectivity index (χ2v) is 7.11. The van der Waals surface area contributed by atoms with Crippen molar-refractivity contribution in [2.75, 3.05) is 4.90 Å². The maximum Gasteiger partial charge on any atom is 0.271 e. The number of hydrogen-bond donors (Lipinski definition) is 0. The van der Waals surface area contributed by atoms with E-state index in [0.717, 1.165) is 22.6 Å². The molecule has 0 saturated heterocycles. The maximum atomic E-state index is 13.1. The van der Waals surface area contributed by atoms with Crippen LogP contribution < -0.4 is 9.64 Å². The normalized spacial score (nSPS) is 15.8. The Hall–Kier alpha value is -2.81. The van der Waals surface area contributed by atoms with Crippen molar-refractivity contribution in [3.63, 3.8) is 0 Å². The fraction of sp³-hybridized carbons (Fsp3) is 0.227. The van der Waals surface area contributed by atoms with Crippen LogP contribution in [0.1, 0.15) is 25.0 Å². The number of anilines is 1. The Morgan fingerprint density at radius 3 is 2.60 bits per heavy atom. The van der Waals surface area contributed by atoms with Gasteiger partial charge in [-0.1, -0.05) is 48.5 Å². The largest absolute Gasteiger partial charge is 0.476 e. The summed E-state index contributed by atoms with van der Waals surface area (Å²) >= 11 is 0. The second-order valence-electron chi connectivity index (χ2n) is 7.11. The second kappa shape index (κ2) is 5.62. The number of carbonyl (C=O) groups is 1. The predicted molar refractivity (Wildman–Crippen MR) is 101 cm³/mol. The number of benzene rings is 3. The lowest BCUT2D eigenvalue weighted by molar-refractivity contribution is -0.132. The summed E-state index contributed by atoms with van der Waals surface area (Å²) < 4.78 is 5.95. The van der Waals surface area contributed by atoms with Crippen LogP contribution in [0.25, 0.3) is 10.8 Å². The highest BCUT2D eigenvalue weighted by molar-refractivity contribution is 6.02. The topological polar surface area (TPSA) is 29.5 Å². The van der Waals surface area contributed by atoms with Gasteiger partial charge in [-0.25, -0.2) is 0 Å². The number of hydrogen-bond acceptors (Lipinski definition) is 2. The van der Waals surface area contributed by atoms with Crippen molar-refractivity contribution >= 4 is 22.4 Å². The molecule has 0 aromatic heterocycles. The first-order valence-electron chi connectivity index (χ1n) is 8.54. The van der Waals surface area contributed by atoms with Crippen molar-refractivity contribution in [1.29, 1.82) is 0 Å². The van der Waals surface area contributed by atoms with Crippen LogP contribution in [-0.4, -0.2) is 11.5 Å². The number of fused-ring (bicyclic) bond motifs is 2. The van der Waals surface area contributed by atoms with E-state index in [1.165, 1.54) is 10.8 Å². The third kappa shape index (κ3) is 2.66. The minimum absolute atomic E-state index is 0.0152. The summed E-state index contributed by atoms with van der Waals surface area (Å²) in [5, 5.41) is 2.36. The SMILES string of the molecule is Cc1ccc2c(c1)N(Cc1cccc3ccccc13)C(=O)C(C)(C)O2. The maximum absolute atomic E-state index is 13.1. The molecule has 0 bridgehead atoms. The smallest absolute Gasteiger partial charge is 0.271 e.